The second-order valence-electron chi connectivity index (χ2n) is 5.17. The van der Waals surface area contributed by atoms with Gasteiger partial charge in [-0.15, -0.1) is 0 Å². The highest BCUT2D eigenvalue weighted by Gasteiger charge is 2.08. The fraction of sp³-hybridized carbons (Fsp3) is 0.188. The molecule has 3 N–H and O–H groups in total. The highest BCUT2D eigenvalue weighted by molar-refractivity contribution is 5.99. The van der Waals surface area contributed by atoms with Gasteiger partial charge in [0.1, 0.15) is 6.26 Å². The smallest absolute Gasteiger partial charge is 0.323 e. The Morgan fingerprint density at radius 3 is 2.92 bits per heavy atom. The van der Waals surface area contributed by atoms with Crippen LogP contribution in [0.4, 0.5) is 16.2 Å². The van der Waals surface area contributed by atoms with E-state index in [0.717, 1.165) is 11.3 Å². The number of anilines is 2. The van der Waals surface area contributed by atoms with E-state index in [1.807, 2.05) is 19.1 Å². The Balaban J connectivity index is 1.65. The minimum Gasteiger partial charge on any atom is -0.444 e. The van der Waals surface area contributed by atoms with E-state index in [1.54, 1.807) is 29.3 Å². The van der Waals surface area contributed by atoms with Crippen molar-refractivity contribution in [3.05, 3.63) is 48.6 Å². The zero-order chi connectivity index (χ0) is 16.9. The quantitative estimate of drug-likeness (QED) is 0.667. The first-order valence-corrected chi connectivity index (χ1v) is 7.38. The molecule has 0 aliphatic rings. The van der Waals surface area contributed by atoms with Crippen molar-refractivity contribution < 1.29 is 14.3 Å². The minimum atomic E-state index is -0.390. The van der Waals surface area contributed by atoms with E-state index in [2.05, 4.69) is 20.7 Å². The molecule has 0 aliphatic heterocycles. The van der Waals surface area contributed by atoms with E-state index in [-0.39, 0.29) is 12.6 Å². The second-order valence-corrected chi connectivity index (χ2v) is 5.17. The maximum Gasteiger partial charge on any atom is 0.323 e. The Morgan fingerprint density at radius 1 is 1.33 bits per heavy atom. The summed E-state index contributed by atoms with van der Waals surface area (Å²) >= 11 is 0. The van der Waals surface area contributed by atoms with Gasteiger partial charge in [-0.3, -0.25) is 4.68 Å². The number of carbonyl (C=O) groups excluding carboxylic acids is 1. The maximum atomic E-state index is 12.1. The normalized spacial score (nSPS) is 10.6. The average molecular weight is 327 g/mol. The van der Waals surface area contributed by atoms with Gasteiger partial charge in [-0.25, -0.2) is 9.78 Å². The van der Waals surface area contributed by atoms with Gasteiger partial charge in [-0.2, -0.15) is 5.10 Å². The Morgan fingerprint density at radius 2 is 2.17 bits per heavy atom. The third-order valence-electron chi connectivity index (χ3n) is 3.21. The molecule has 3 rings (SSSR count). The molecule has 0 saturated heterocycles. The van der Waals surface area contributed by atoms with Crippen LogP contribution < -0.4 is 10.6 Å². The van der Waals surface area contributed by atoms with Gasteiger partial charge in [-0.1, -0.05) is 6.07 Å². The van der Waals surface area contributed by atoms with Gasteiger partial charge in [0.25, 0.3) is 0 Å². The van der Waals surface area contributed by atoms with Crippen molar-refractivity contribution >= 4 is 17.4 Å². The van der Waals surface area contributed by atoms with Crippen molar-refractivity contribution in [1.82, 2.24) is 14.8 Å². The lowest BCUT2D eigenvalue weighted by Gasteiger charge is -2.06. The SMILES string of the molecule is Cc1coc(-c2cccc(NC(=O)Nc3cnn(CCO)c3)c2)n1. The molecule has 1 aromatic carbocycles. The van der Waals surface area contributed by atoms with E-state index in [4.69, 9.17) is 9.52 Å². The zero-order valence-corrected chi connectivity index (χ0v) is 13.1. The molecule has 124 valence electrons. The lowest BCUT2D eigenvalue weighted by Crippen LogP contribution is -2.19. The Bertz CT molecular complexity index is 840. The van der Waals surface area contributed by atoms with Crippen molar-refractivity contribution in [3.8, 4) is 11.5 Å². The molecule has 0 unspecified atom stereocenters. The molecule has 0 radical (unpaired) electrons. The van der Waals surface area contributed by atoms with Crippen LogP contribution in [0.5, 0.6) is 0 Å². The predicted octanol–water partition coefficient (Wildman–Crippen LogP) is 2.48. The topological polar surface area (TPSA) is 105 Å². The first-order chi connectivity index (χ1) is 11.6. The maximum absolute atomic E-state index is 12.1. The summed E-state index contributed by atoms with van der Waals surface area (Å²) < 4.78 is 6.90. The number of carbonyl (C=O) groups is 1. The standard InChI is InChI=1S/C16H17N5O3/c1-11-10-24-15(18-11)12-3-2-4-13(7-12)19-16(23)20-14-8-17-21(9-14)5-6-22/h2-4,7-10,22H,5-6H2,1H3,(H2,19,20,23). The summed E-state index contributed by atoms with van der Waals surface area (Å²) in [5, 5.41) is 18.3. The van der Waals surface area contributed by atoms with Crippen LogP contribution in [0.1, 0.15) is 5.69 Å². The fourth-order valence-corrected chi connectivity index (χ4v) is 2.16. The Labute approximate surface area is 138 Å². The van der Waals surface area contributed by atoms with Gasteiger partial charge < -0.3 is 20.2 Å². The van der Waals surface area contributed by atoms with Crippen LogP contribution in [-0.4, -0.2) is 32.5 Å². The van der Waals surface area contributed by atoms with E-state index in [1.165, 1.54) is 6.20 Å². The van der Waals surface area contributed by atoms with Crippen LogP contribution in [0.15, 0.2) is 47.3 Å². The van der Waals surface area contributed by atoms with Crippen molar-refractivity contribution in [2.75, 3.05) is 17.2 Å². The molecule has 2 heterocycles. The largest absolute Gasteiger partial charge is 0.444 e. The van der Waals surface area contributed by atoms with Crippen LogP contribution >= 0.6 is 0 Å². The van der Waals surface area contributed by atoms with Crippen LogP contribution in [0.25, 0.3) is 11.5 Å². The van der Waals surface area contributed by atoms with Crippen LogP contribution in [0, 0.1) is 6.92 Å². The van der Waals surface area contributed by atoms with Crippen molar-refractivity contribution in [2.24, 2.45) is 0 Å². The summed E-state index contributed by atoms with van der Waals surface area (Å²) in [6.07, 6.45) is 4.73. The summed E-state index contributed by atoms with van der Waals surface area (Å²) in [6, 6.07) is 6.82. The number of hydrogen-bond acceptors (Lipinski definition) is 5. The average Bonchev–Trinajstić information content (AvgIpc) is 3.17. The van der Waals surface area contributed by atoms with E-state index >= 15 is 0 Å². The number of aliphatic hydroxyl groups is 1. The molecule has 0 atom stereocenters. The van der Waals surface area contributed by atoms with Crippen LogP contribution in [0.2, 0.25) is 0 Å². The minimum absolute atomic E-state index is 0.0135. The van der Waals surface area contributed by atoms with Gasteiger partial charge >= 0.3 is 6.03 Å². The number of amides is 2. The predicted molar refractivity (Wildman–Crippen MR) is 88.6 cm³/mol. The van der Waals surface area contributed by atoms with Gasteiger partial charge in [-0.05, 0) is 25.1 Å². The highest BCUT2D eigenvalue weighted by Crippen LogP contribution is 2.22. The van der Waals surface area contributed by atoms with E-state index in [9.17, 15) is 4.79 Å². The summed E-state index contributed by atoms with van der Waals surface area (Å²) in [7, 11) is 0. The molecule has 0 aliphatic carbocycles. The summed E-state index contributed by atoms with van der Waals surface area (Å²) in [5.41, 5.74) is 2.72. The molecule has 0 spiro atoms. The number of oxazole rings is 1. The van der Waals surface area contributed by atoms with Crippen LogP contribution in [-0.2, 0) is 6.54 Å². The highest BCUT2D eigenvalue weighted by atomic mass is 16.3. The monoisotopic (exact) mass is 327 g/mol. The van der Waals surface area contributed by atoms with Gasteiger partial charge in [0.2, 0.25) is 5.89 Å². The zero-order valence-electron chi connectivity index (χ0n) is 13.1. The number of aliphatic hydroxyl groups excluding tert-OH is 1. The molecule has 3 aromatic rings. The van der Waals surface area contributed by atoms with Crippen molar-refractivity contribution in [3.63, 3.8) is 0 Å². The number of aromatic nitrogens is 3. The van der Waals surface area contributed by atoms with Crippen LogP contribution in [0.3, 0.4) is 0 Å². The molecule has 0 bridgehead atoms. The lowest BCUT2D eigenvalue weighted by atomic mass is 10.2. The first-order valence-electron chi connectivity index (χ1n) is 7.38. The molecule has 8 heteroatoms. The number of hydrogen-bond donors (Lipinski definition) is 3. The molecular weight excluding hydrogens is 310 g/mol. The summed E-state index contributed by atoms with van der Waals surface area (Å²) in [6.45, 7) is 2.21. The molecule has 2 amide bonds. The number of nitrogens with one attached hydrogen (secondary N) is 2. The lowest BCUT2D eigenvalue weighted by molar-refractivity contribution is 0.262. The third-order valence-corrected chi connectivity index (χ3v) is 3.21. The van der Waals surface area contributed by atoms with Crippen molar-refractivity contribution in [2.45, 2.75) is 13.5 Å². The number of benzene rings is 1. The number of nitrogens with zero attached hydrogens (tertiary/aromatic N) is 3. The number of aryl methyl sites for hydroxylation is 1. The molecule has 8 nitrogen and oxygen atoms in total. The molecule has 24 heavy (non-hydrogen) atoms. The molecule has 0 fully saturated rings. The summed E-state index contributed by atoms with van der Waals surface area (Å²) in [4.78, 5) is 16.3. The second kappa shape index (κ2) is 6.97. The van der Waals surface area contributed by atoms with Gasteiger partial charge in [0.15, 0.2) is 0 Å². The summed E-state index contributed by atoms with van der Waals surface area (Å²) in [5.74, 6) is 0.502. The van der Waals surface area contributed by atoms with E-state index < -0.39 is 0 Å². The molecule has 2 aromatic heterocycles. The van der Waals surface area contributed by atoms with Gasteiger partial charge in [0.05, 0.1) is 30.7 Å². The fourth-order valence-electron chi connectivity index (χ4n) is 2.16. The Hall–Kier alpha value is -3.13. The third kappa shape index (κ3) is 3.79. The molecule has 0 saturated carbocycles. The number of rotatable bonds is 5. The Kier molecular flexibility index (Phi) is 4.57. The number of urea groups is 1. The van der Waals surface area contributed by atoms with Crippen molar-refractivity contribution in [1.29, 1.82) is 0 Å². The molecular formula is C16H17N5O3. The van der Waals surface area contributed by atoms with Gasteiger partial charge in [0, 0.05) is 17.4 Å². The van der Waals surface area contributed by atoms with E-state index in [0.29, 0.717) is 23.8 Å². The first kappa shape index (κ1) is 15.8.